The molecule has 0 aliphatic carbocycles. The molecule has 0 unspecified atom stereocenters. The molecule has 1 N–H and O–H groups in total. The van der Waals surface area contributed by atoms with Crippen molar-refractivity contribution in [3.8, 4) is 10.6 Å². The van der Waals surface area contributed by atoms with Crippen LogP contribution in [0.15, 0.2) is 47.0 Å². The number of piperazine rings is 1. The van der Waals surface area contributed by atoms with Gasteiger partial charge in [0.15, 0.2) is 5.96 Å². The van der Waals surface area contributed by atoms with Gasteiger partial charge in [-0.2, -0.15) is 5.10 Å². The molecule has 1 saturated heterocycles. The number of guanidine groups is 1. The van der Waals surface area contributed by atoms with Crippen LogP contribution in [0.4, 0.5) is 5.69 Å². The van der Waals surface area contributed by atoms with Crippen molar-refractivity contribution in [3.05, 3.63) is 53.3 Å². The molecule has 8 nitrogen and oxygen atoms in total. The monoisotopic (exact) mass is 565 g/mol. The second-order valence-corrected chi connectivity index (χ2v) is 8.43. The van der Waals surface area contributed by atoms with Gasteiger partial charge in [0.2, 0.25) is 5.91 Å². The Morgan fingerprint density at radius 1 is 1.25 bits per heavy atom. The topological polar surface area (TPSA) is 78.7 Å². The Morgan fingerprint density at radius 3 is 2.69 bits per heavy atom. The number of nitrogens with zero attached hydrogens (tertiary/aromatic N) is 6. The van der Waals surface area contributed by atoms with E-state index in [1.165, 1.54) is 5.56 Å². The Kier molecular flexibility index (Phi) is 8.24. The molecule has 10 heteroatoms. The van der Waals surface area contributed by atoms with Crippen molar-refractivity contribution in [2.75, 3.05) is 38.1 Å². The van der Waals surface area contributed by atoms with E-state index in [1.807, 2.05) is 18.1 Å². The molecule has 4 rings (SSSR count). The number of halogens is 1. The third kappa shape index (κ3) is 5.66. The fraction of sp³-hybridized carbons (Fsp3) is 0.364. The number of amides is 1. The Hall–Kier alpha value is -2.47. The third-order valence-electron chi connectivity index (χ3n) is 5.25. The third-order valence-corrected chi connectivity index (χ3v) is 6.19. The van der Waals surface area contributed by atoms with Crippen LogP contribution in [0, 0.1) is 6.92 Å². The summed E-state index contributed by atoms with van der Waals surface area (Å²) in [5.74, 6) is 0.789. The molecule has 3 aromatic rings. The number of aromatic nitrogens is 3. The first-order valence-electron chi connectivity index (χ1n) is 10.3. The summed E-state index contributed by atoms with van der Waals surface area (Å²) in [7, 11) is 3.60. The van der Waals surface area contributed by atoms with Crippen molar-refractivity contribution in [3.63, 3.8) is 0 Å². The summed E-state index contributed by atoms with van der Waals surface area (Å²) in [6, 6.07) is 8.44. The predicted molar refractivity (Wildman–Crippen MR) is 140 cm³/mol. The number of carbonyl (C=O) groups excluding carboxylic acids is 1. The minimum absolute atomic E-state index is 0. The summed E-state index contributed by atoms with van der Waals surface area (Å²) in [6.07, 6.45) is 4.38. The second kappa shape index (κ2) is 10.9. The van der Waals surface area contributed by atoms with Crippen LogP contribution in [0.1, 0.15) is 11.3 Å². The molecule has 0 saturated carbocycles. The molecule has 0 radical (unpaired) electrons. The predicted octanol–water partition coefficient (Wildman–Crippen LogP) is 2.94. The maximum atomic E-state index is 12.6. The highest BCUT2D eigenvalue weighted by molar-refractivity contribution is 14.0. The van der Waals surface area contributed by atoms with Gasteiger partial charge >= 0.3 is 0 Å². The van der Waals surface area contributed by atoms with E-state index in [0.717, 1.165) is 34.3 Å². The van der Waals surface area contributed by atoms with Crippen LogP contribution in [0.3, 0.4) is 0 Å². The van der Waals surface area contributed by atoms with E-state index in [2.05, 4.69) is 52.0 Å². The molecule has 1 fully saturated rings. The lowest BCUT2D eigenvalue weighted by Crippen LogP contribution is -2.55. The maximum absolute atomic E-state index is 12.6. The highest BCUT2D eigenvalue weighted by Gasteiger charge is 2.27. The van der Waals surface area contributed by atoms with Crippen LogP contribution in [0.5, 0.6) is 0 Å². The number of carbonyl (C=O) groups is 1. The van der Waals surface area contributed by atoms with Gasteiger partial charge in [-0.3, -0.25) is 14.5 Å². The summed E-state index contributed by atoms with van der Waals surface area (Å²) in [5.41, 5.74) is 4.29. The van der Waals surface area contributed by atoms with E-state index in [1.54, 1.807) is 34.2 Å². The van der Waals surface area contributed by atoms with Gasteiger partial charge in [-0.05, 0) is 6.92 Å². The summed E-state index contributed by atoms with van der Waals surface area (Å²) >= 11 is 1.66. The fourth-order valence-electron chi connectivity index (χ4n) is 3.56. The zero-order valence-corrected chi connectivity index (χ0v) is 21.6. The van der Waals surface area contributed by atoms with Gasteiger partial charge in [0, 0.05) is 57.3 Å². The normalized spacial score (nSPS) is 14.5. The zero-order valence-electron chi connectivity index (χ0n) is 18.5. The summed E-state index contributed by atoms with van der Waals surface area (Å²) < 4.78 is 1.71. The SMILES string of the molecule is CN=C(NCCc1csc(-c2ccc(C)cc2)n1)N1CCN(c2cnn(C)c2)C(=O)C1.I. The molecule has 1 amide bonds. The molecule has 170 valence electrons. The minimum Gasteiger partial charge on any atom is -0.356 e. The first-order chi connectivity index (χ1) is 15.0. The highest BCUT2D eigenvalue weighted by Crippen LogP contribution is 2.24. The molecule has 1 aliphatic rings. The van der Waals surface area contributed by atoms with Crippen molar-refractivity contribution < 1.29 is 4.79 Å². The van der Waals surface area contributed by atoms with Gasteiger partial charge in [-0.15, -0.1) is 35.3 Å². The van der Waals surface area contributed by atoms with Crippen molar-refractivity contribution in [2.45, 2.75) is 13.3 Å². The largest absolute Gasteiger partial charge is 0.356 e. The Bertz CT molecular complexity index is 1080. The molecule has 2 aromatic heterocycles. The number of anilines is 1. The van der Waals surface area contributed by atoms with Crippen molar-refractivity contribution in [2.24, 2.45) is 12.0 Å². The number of nitrogens with one attached hydrogen (secondary N) is 1. The van der Waals surface area contributed by atoms with Gasteiger partial charge < -0.3 is 15.1 Å². The zero-order chi connectivity index (χ0) is 21.8. The summed E-state index contributed by atoms with van der Waals surface area (Å²) in [4.78, 5) is 25.5. The van der Waals surface area contributed by atoms with Crippen LogP contribution < -0.4 is 10.2 Å². The van der Waals surface area contributed by atoms with Crippen molar-refractivity contribution in [1.82, 2.24) is 25.0 Å². The average molecular weight is 565 g/mol. The lowest BCUT2D eigenvalue weighted by Gasteiger charge is -2.35. The highest BCUT2D eigenvalue weighted by atomic mass is 127. The minimum atomic E-state index is 0. The molecule has 1 aliphatic heterocycles. The molecule has 3 heterocycles. The van der Waals surface area contributed by atoms with Crippen LogP contribution >= 0.6 is 35.3 Å². The van der Waals surface area contributed by atoms with E-state index in [-0.39, 0.29) is 29.9 Å². The quantitative estimate of drug-likeness (QED) is 0.293. The van der Waals surface area contributed by atoms with E-state index >= 15 is 0 Å². The van der Waals surface area contributed by atoms with Gasteiger partial charge in [-0.1, -0.05) is 29.8 Å². The standard InChI is InChI=1S/C22H27N7OS.HI/c1-16-4-6-17(7-5-16)21-26-18(15-31-21)8-9-24-22(23-2)28-10-11-29(20(30)14-28)19-12-25-27(3)13-19;/h4-7,12-13,15H,8-11,14H2,1-3H3,(H,23,24);1H. The van der Waals surface area contributed by atoms with Gasteiger partial charge in [0.25, 0.3) is 0 Å². The molecule has 32 heavy (non-hydrogen) atoms. The molecule has 1 aromatic carbocycles. The summed E-state index contributed by atoms with van der Waals surface area (Å²) in [6.45, 7) is 4.41. The van der Waals surface area contributed by atoms with Crippen LogP contribution in [0.2, 0.25) is 0 Å². The Balaban J connectivity index is 0.00000289. The van der Waals surface area contributed by atoms with Crippen LogP contribution in [-0.4, -0.2) is 64.8 Å². The fourth-order valence-corrected chi connectivity index (χ4v) is 4.42. The molecule has 0 spiro atoms. The Labute approximate surface area is 209 Å². The molecule has 0 atom stereocenters. The Morgan fingerprint density at radius 2 is 2.03 bits per heavy atom. The van der Waals surface area contributed by atoms with Crippen molar-refractivity contribution >= 4 is 52.9 Å². The summed E-state index contributed by atoms with van der Waals surface area (Å²) in [5, 5.41) is 10.7. The number of hydrogen-bond acceptors (Lipinski definition) is 5. The molecular formula is C22H28IN7OS. The van der Waals surface area contributed by atoms with E-state index in [0.29, 0.717) is 26.2 Å². The van der Waals surface area contributed by atoms with Gasteiger partial charge in [0.05, 0.1) is 17.6 Å². The average Bonchev–Trinajstić information content (AvgIpc) is 3.41. The lowest BCUT2D eigenvalue weighted by molar-refractivity contribution is -0.120. The van der Waals surface area contributed by atoms with Gasteiger partial charge in [0.1, 0.15) is 11.6 Å². The van der Waals surface area contributed by atoms with Crippen LogP contribution in [-0.2, 0) is 18.3 Å². The number of thiazole rings is 1. The van der Waals surface area contributed by atoms with E-state index in [9.17, 15) is 4.79 Å². The maximum Gasteiger partial charge on any atom is 0.246 e. The number of rotatable bonds is 5. The second-order valence-electron chi connectivity index (χ2n) is 7.57. The first-order valence-corrected chi connectivity index (χ1v) is 11.2. The van der Waals surface area contributed by atoms with E-state index in [4.69, 9.17) is 4.98 Å². The number of hydrogen-bond donors (Lipinski definition) is 1. The lowest BCUT2D eigenvalue weighted by atomic mass is 10.2. The van der Waals surface area contributed by atoms with Crippen LogP contribution in [0.25, 0.3) is 10.6 Å². The van der Waals surface area contributed by atoms with Gasteiger partial charge in [-0.25, -0.2) is 4.98 Å². The smallest absolute Gasteiger partial charge is 0.246 e. The molecular weight excluding hydrogens is 537 g/mol. The first kappa shape index (κ1) is 24.2. The van der Waals surface area contributed by atoms with E-state index < -0.39 is 0 Å². The number of aliphatic imine (C=N–C) groups is 1. The molecule has 0 bridgehead atoms. The number of benzene rings is 1. The van der Waals surface area contributed by atoms with Crippen molar-refractivity contribution in [1.29, 1.82) is 0 Å². The number of aryl methyl sites for hydroxylation is 2.